The molecule has 0 radical (unpaired) electrons. The van der Waals surface area contributed by atoms with Gasteiger partial charge in [0.1, 0.15) is 0 Å². The Morgan fingerprint density at radius 1 is 0.587 bits per heavy atom. The van der Waals surface area contributed by atoms with Gasteiger partial charge in [-0.05, 0) is 160 Å². The summed E-state index contributed by atoms with van der Waals surface area (Å²) in [5, 5.41) is 0. The van der Waals surface area contributed by atoms with Crippen molar-refractivity contribution in [3.8, 4) is 33.4 Å². The Morgan fingerprint density at radius 3 is 2.06 bits per heavy atom. The van der Waals surface area contributed by atoms with E-state index in [9.17, 15) is 0 Å². The van der Waals surface area contributed by atoms with Crippen molar-refractivity contribution in [3.05, 3.63) is 142 Å². The summed E-state index contributed by atoms with van der Waals surface area (Å²) in [6.07, 6.45) is 11.0. The van der Waals surface area contributed by atoms with Gasteiger partial charge in [-0.25, -0.2) is 0 Å². The van der Waals surface area contributed by atoms with E-state index >= 15 is 0 Å². The van der Waals surface area contributed by atoms with Gasteiger partial charge < -0.3 is 9.71 Å². The smallest absolute Gasteiger partial charge is 0.333 e. The minimum absolute atomic E-state index is 0.0158. The van der Waals surface area contributed by atoms with Crippen LogP contribution in [-0.2, 0) is 28.1 Å². The largest absolute Gasteiger partial charge is 0.376 e. The Bertz CT molecular complexity index is 2930. The van der Waals surface area contributed by atoms with Crippen LogP contribution in [0.1, 0.15) is 153 Å². The summed E-state index contributed by atoms with van der Waals surface area (Å²) in [5.74, 6) is 0. The van der Waals surface area contributed by atoms with Gasteiger partial charge in [-0.1, -0.05) is 154 Å². The third kappa shape index (κ3) is 5.09. The first kappa shape index (κ1) is 39.6. The molecule has 0 aromatic heterocycles. The summed E-state index contributed by atoms with van der Waals surface area (Å²) in [6, 6.07) is 41.4. The molecule has 2 unspecified atom stereocenters. The second-order valence-electron chi connectivity index (χ2n) is 23.0. The summed E-state index contributed by atoms with van der Waals surface area (Å²) in [5.41, 5.74) is 27.6. The van der Waals surface area contributed by atoms with Crippen molar-refractivity contribution in [2.45, 2.75) is 154 Å². The second-order valence-corrected chi connectivity index (χ2v) is 23.0. The maximum Gasteiger partial charge on any atom is 0.333 e. The Balaban J connectivity index is 1.21. The normalized spacial score (nSPS) is 23.3. The molecule has 3 aliphatic carbocycles. The van der Waals surface area contributed by atoms with E-state index in [-0.39, 0.29) is 34.0 Å². The van der Waals surface area contributed by atoms with Crippen molar-refractivity contribution in [1.29, 1.82) is 0 Å². The lowest BCUT2D eigenvalue weighted by Gasteiger charge is -2.53. The van der Waals surface area contributed by atoms with Crippen molar-refractivity contribution in [1.82, 2.24) is 0 Å². The lowest BCUT2D eigenvalue weighted by Crippen LogP contribution is -2.65. The summed E-state index contributed by atoms with van der Waals surface area (Å²) < 4.78 is 0. The maximum absolute atomic E-state index is 2.93. The molecule has 0 saturated heterocycles. The van der Waals surface area contributed by atoms with Gasteiger partial charge in [0.15, 0.2) is 0 Å². The van der Waals surface area contributed by atoms with Crippen LogP contribution in [0.25, 0.3) is 33.4 Å². The van der Waals surface area contributed by atoms with Crippen LogP contribution in [0.15, 0.2) is 103 Å². The molecular formula is C60H65BN2. The van der Waals surface area contributed by atoms with Gasteiger partial charge in [0.2, 0.25) is 0 Å². The number of rotatable bonds is 5. The first-order valence-electron chi connectivity index (χ1n) is 24.5. The minimum atomic E-state index is -0.203. The molecule has 63 heavy (non-hydrogen) atoms. The molecule has 2 nitrogen and oxygen atoms in total. The van der Waals surface area contributed by atoms with E-state index < -0.39 is 0 Å². The van der Waals surface area contributed by atoms with Crippen LogP contribution in [0.3, 0.4) is 0 Å². The molecule has 0 spiro atoms. The fraction of sp³-hybridized carbons (Fsp3) is 0.400. The molecule has 1 fully saturated rings. The number of aryl methyl sites for hydroxylation is 2. The molecule has 0 bridgehead atoms. The maximum atomic E-state index is 2.93. The van der Waals surface area contributed by atoms with E-state index in [1.807, 2.05) is 0 Å². The molecule has 3 heteroatoms. The van der Waals surface area contributed by atoms with Gasteiger partial charge in [-0.15, -0.1) is 0 Å². The monoisotopic (exact) mass is 825 g/mol. The number of unbranched alkanes of at least 4 members (excludes halogenated alkanes) is 1. The highest BCUT2D eigenvalue weighted by Crippen LogP contribution is 2.64. The predicted octanol–water partition coefficient (Wildman–Crippen LogP) is 14.6. The van der Waals surface area contributed by atoms with Gasteiger partial charge in [-0.2, -0.15) is 0 Å². The number of anilines is 4. The molecule has 0 N–H and O–H groups in total. The quantitative estimate of drug-likeness (QED) is 0.160. The van der Waals surface area contributed by atoms with Crippen molar-refractivity contribution >= 4 is 40.5 Å². The molecule has 6 aromatic rings. The number of benzene rings is 6. The van der Waals surface area contributed by atoms with E-state index in [4.69, 9.17) is 0 Å². The summed E-state index contributed by atoms with van der Waals surface area (Å²) in [4.78, 5) is 5.76. The number of para-hydroxylation sites is 1. The highest BCUT2D eigenvalue weighted by Gasteiger charge is 2.62. The van der Waals surface area contributed by atoms with Crippen molar-refractivity contribution in [2.75, 3.05) is 9.71 Å². The predicted molar refractivity (Wildman–Crippen MR) is 270 cm³/mol. The third-order valence-corrected chi connectivity index (χ3v) is 18.0. The van der Waals surface area contributed by atoms with Crippen LogP contribution in [-0.4, -0.2) is 12.4 Å². The van der Waals surface area contributed by atoms with E-state index in [2.05, 4.69) is 182 Å². The van der Waals surface area contributed by atoms with E-state index in [1.54, 1.807) is 16.7 Å². The Morgan fingerprint density at radius 2 is 1.30 bits per heavy atom. The fourth-order valence-electron chi connectivity index (χ4n) is 14.3. The van der Waals surface area contributed by atoms with Crippen molar-refractivity contribution in [3.63, 3.8) is 0 Å². The fourth-order valence-corrected chi connectivity index (χ4v) is 14.3. The van der Waals surface area contributed by atoms with Gasteiger partial charge in [-0.3, -0.25) is 0 Å². The van der Waals surface area contributed by atoms with Crippen LogP contribution in [0.5, 0.6) is 0 Å². The number of hydrogen-bond donors (Lipinski definition) is 0. The average molecular weight is 825 g/mol. The summed E-state index contributed by atoms with van der Waals surface area (Å²) in [6.45, 7) is 25.0. The standard InChI is InChI=1S/C60H65BN2/c1-11-12-20-38-33-47-55-48(34-38)61-54-43(31-37(2)32-51(54)62(55)60(10)28-19-18-27-59(47,60)9)52-50(63(61)49-24-17-16-23-40(49)39-21-14-13-15-22-39)26-25-41-42-35-45-46(36-44(42)58(7,8)53(41)52)57(5,6)30-29-56(45,3)4/h13-17,21-26,31-36H,11-12,18-20,27-30H2,1-10H3. The van der Waals surface area contributed by atoms with Gasteiger partial charge in [0.05, 0.1) is 5.54 Å². The molecule has 3 heterocycles. The third-order valence-electron chi connectivity index (χ3n) is 18.0. The second kappa shape index (κ2) is 13.1. The van der Waals surface area contributed by atoms with Crippen LogP contribution in [0.4, 0.5) is 22.7 Å². The van der Waals surface area contributed by atoms with Crippen LogP contribution in [0.2, 0.25) is 0 Å². The zero-order valence-electron chi connectivity index (χ0n) is 39.7. The average Bonchev–Trinajstić information content (AvgIpc) is 3.63. The van der Waals surface area contributed by atoms with Crippen molar-refractivity contribution < 1.29 is 0 Å². The highest BCUT2D eigenvalue weighted by molar-refractivity contribution is 6.93. The van der Waals surface area contributed by atoms with Crippen LogP contribution in [0, 0.1) is 6.92 Å². The zero-order valence-corrected chi connectivity index (χ0v) is 39.7. The Hall–Kier alpha value is -5.02. The lowest BCUT2D eigenvalue weighted by molar-refractivity contribution is 0.195. The first-order valence-corrected chi connectivity index (χ1v) is 24.5. The zero-order chi connectivity index (χ0) is 43.6. The number of fused-ring (bicyclic) bond motifs is 12. The van der Waals surface area contributed by atoms with Crippen LogP contribution < -0.4 is 20.6 Å². The van der Waals surface area contributed by atoms with Gasteiger partial charge >= 0.3 is 6.85 Å². The van der Waals surface area contributed by atoms with Crippen molar-refractivity contribution in [2.24, 2.45) is 0 Å². The molecule has 12 rings (SSSR count). The van der Waals surface area contributed by atoms with Crippen LogP contribution >= 0.6 is 0 Å². The first-order chi connectivity index (χ1) is 30.1. The molecular weight excluding hydrogens is 759 g/mol. The molecule has 6 aromatic carbocycles. The summed E-state index contributed by atoms with van der Waals surface area (Å²) >= 11 is 0. The highest BCUT2D eigenvalue weighted by atomic mass is 15.3. The van der Waals surface area contributed by atoms with Gasteiger partial charge in [0.25, 0.3) is 0 Å². The lowest BCUT2D eigenvalue weighted by atomic mass is 9.42. The molecule has 1 saturated carbocycles. The molecule has 3 aliphatic heterocycles. The summed E-state index contributed by atoms with van der Waals surface area (Å²) in [7, 11) is 0. The number of hydrogen-bond acceptors (Lipinski definition) is 2. The molecule has 6 aliphatic rings. The SMILES string of the molecule is CCCCc1cc2c3c(c1)C1(C)CCCCC1(C)N3c1cc(C)cc3c1B2N(c1ccccc1-c1ccccc1)c1ccc2c(c1-3)C(C)(C)c1cc3c(cc1-2)C(C)(C)CCC3(C)C. The molecule has 318 valence electrons. The number of nitrogens with zero attached hydrogens (tertiary/aromatic N) is 2. The molecule has 2 atom stereocenters. The van der Waals surface area contributed by atoms with E-state index in [1.165, 1.54) is 141 Å². The Kier molecular flexibility index (Phi) is 8.20. The van der Waals surface area contributed by atoms with Gasteiger partial charge in [0, 0.05) is 44.7 Å². The Labute approximate surface area is 378 Å². The van der Waals surface area contributed by atoms with E-state index in [0.29, 0.717) is 0 Å². The topological polar surface area (TPSA) is 6.48 Å². The molecule has 0 amide bonds. The minimum Gasteiger partial charge on any atom is -0.376 e. The van der Waals surface area contributed by atoms with E-state index in [0.717, 1.165) is 6.42 Å².